The van der Waals surface area contributed by atoms with Gasteiger partial charge in [0.2, 0.25) is 0 Å². The minimum atomic E-state index is -0.415. The van der Waals surface area contributed by atoms with Crippen LogP contribution >= 0.6 is 12.4 Å². The number of ether oxygens (including phenoxy) is 1. The maximum Gasteiger partial charge on any atom is 0.162 e. The molecule has 6 heteroatoms. The largest absolute Gasteiger partial charge is 0.508 e. The highest BCUT2D eigenvalue weighted by molar-refractivity contribution is 6.08. The maximum absolute atomic E-state index is 13.8. The van der Waals surface area contributed by atoms with Crippen LogP contribution in [-0.2, 0) is 9.59 Å². The Bertz CT molecular complexity index is 1220. The Labute approximate surface area is 219 Å². The van der Waals surface area contributed by atoms with E-state index in [1.165, 1.54) is 0 Å². The highest BCUT2D eigenvalue weighted by Crippen LogP contribution is 2.55. The van der Waals surface area contributed by atoms with Gasteiger partial charge in [-0.05, 0) is 65.6 Å². The van der Waals surface area contributed by atoms with Crippen molar-refractivity contribution < 1.29 is 19.4 Å². The molecule has 0 saturated heterocycles. The first kappa shape index (κ1) is 26.0. The molecule has 0 spiro atoms. The number of Topliss-reactive ketones (excluding diaryl/α,β-unsaturated/α-hetero) is 2. The average Bonchev–Trinajstić information content (AvgIpc) is 2.77. The first-order chi connectivity index (χ1) is 16.5. The molecule has 0 fully saturated rings. The number of rotatable bonds is 3. The number of phenols is 1. The van der Waals surface area contributed by atoms with Crippen molar-refractivity contribution in [2.75, 3.05) is 12.0 Å². The number of allylic oxidation sites excluding steroid dienone is 4. The Balaban J connectivity index is 0.00000304. The predicted octanol–water partition coefficient (Wildman–Crippen LogP) is 6.71. The van der Waals surface area contributed by atoms with Gasteiger partial charge in [0.25, 0.3) is 0 Å². The van der Waals surface area contributed by atoms with Crippen molar-refractivity contribution in [2.24, 2.45) is 10.8 Å². The summed E-state index contributed by atoms with van der Waals surface area (Å²) in [5, 5.41) is 9.92. The van der Waals surface area contributed by atoms with Crippen molar-refractivity contribution in [3.8, 4) is 11.5 Å². The van der Waals surface area contributed by atoms with Crippen molar-refractivity contribution >= 4 is 29.7 Å². The zero-order valence-electron chi connectivity index (χ0n) is 21.6. The second-order valence-corrected chi connectivity index (χ2v) is 11.7. The fourth-order valence-electron chi connectivity index (χ4n) is 6.01. The van der Waals surface area contributed by atoms with Crippen LogP contribution in [0.25, 0.3) is 0 Å². The van der Waals surface area contributed by atoms with E-state index in [0.717, 1.165) is 52.4 Å². The summed E-state index contributed by atoms with van der Waals surface area (Å²) >= 11 is 0. The fraction of sp³-hybridized carbons (Fsp3) is 0.400. The number of methoxy groups -OCH3 is 1. The van der Waals surface area contributed by atoms with Crippen LogP contribution in [0.2, 0.25) is 0 Å². The van der Waals surface area contributed by atoms with Gasteiger partial charge < -0.3 is 14.7 Å². The van der Waals surface area contributed by atoms with Gasteiger partial charge in [-0.15, -0.1) is 12.4 Å². The summed E-state index contributed by atoms with van der Waals surface area (Å²) < 4.78 is 5.38. The van der Waals surface area contributed by atoms with Gasteiger partial charge >= 0.3 is 0 Å². The van der Waals surface area contributed by atoms with E-state index in [1.54, 1.807) is 19.2 Å². The van der Waals surface area contributed by atoms with Crippen LogP contribution in [-0.4, -0.2) is 23.8 Å². The van der Waals surface area contributed by atoms with Crippen molar-refractivity contribution in [3.05, 3.63) is 76.6 Å². The Hall–Kier alpha value is -3.05. The van der Waals surface area contributed by atoms with E-state index in [4.69, 9.17) is 4.74 Å². The lowest BCUT2D eigenvalue weighted by Gasteiger charge is -2.49. The number of halogens is 1. The molecule has 2 aliphatic carbocycles. The molecule has 0 bridgehead atoms. The van der Waals surface area contributed by atoms with E-state index >= 15 is 0 Å². The zero-order valence-corrected chi connectivity index (χ0v) is 22.4. The average molecular weight is 508 g/mol. The smallest absolute Gasteiger partial charge is 0.162 e. The summed E-state index contributed by atoms with van der Waals surface area (Å²) in [6.07, 6.45) is 2.36. The highest BCUT2D eigenvalue weighted by Gasteiger charge is 2.49. The van der Waals surface area contributed by atoms with Crippen LogP contribution in [0.1, 0.15) is 64.9 Å². The summed E-state index contributed by atoms with van der Waals surface area (Å²) in [6, 6.07) is 14.8. The van der Waals surface area contributed by atoms with Gasteiger partial charge in [0.1, 0.15) is 11.5 Å². The standard InChI is InChI=1S/C30H33NO4.ClH/c1-29(2)14-22-27(24(33)16-29)26(18-6-10-20(32)11-7-18)28-23(15-30(3,4)17-25(28)34)31(22)19-8-12-21(35-5)13-9-19;/h6-13,26,32H,14-17H2,1-5H3;1H. The molecule has 3 aliphatic rings. The van der Waals surface area contributed by atoms with Gasteiger partial charge in [-0.25, -0.2) is 0 Å². The number of nitrogens with zero attached hydrogens (tertiary/aromatic N) is 1. The quantitative estimate of drug-likeness (QED) is 0.500. The molecule has 0 unspecified atom stereocenters. The third-order valence-electron chi connectivity index (χ3n) is 7.47. The molecule has 5 nitrogen and oxygen atoms in total. The number of carbonyl (C=O) groups is 2. The van der Waals surface area contributed by atoms with Gasteiger partial charge in [-0.1, -0.05) is 39.8 Å². The number of phenolic OH excluding ortho intramolecular Hbond substituents is 1. The molecule has 0 amide bonds. The molecule has 1 aliphatic heterocycles. The molecule has 1 heterocycles. The van der Waals surface area contributed by atoms with Gasteiger partial charge in [-0.3, -0.25) is 9.59 Å². The number of ketones is 2. The Morgan fingerprint density at radius 1 is 0.778 bits per heavy atom. The van der Waals surface area contributed by atoms with Crippen molar-refractivity contribution in [1.82, 2.24) is 0 Å². The summed E-state index contributed by atoms with van der Waals surface area (Å²) in [6.45, 7) is 8.54. The molecule has 2 aromatic carbocycles. The lowest BCUT2D eigenvalue weighted by atomic mass is 9.63. The van der Waals surface area contributed by atoms with Gasteiger partial charge in [0.05, 0.1) is 7.11 Å². The second-order valence-electron chi connectivity index (χ2n) is 11.7. The van der Waals surface area contributed by atoms with Crippen LogP contribution in [0.15, 0.2) is 71.1 Å². The number of anilines is 1. The van der Waals surface area contributed by atoms with E-state index in [1.807, 2.05) is 36.4 Å². The summed E-state index contributed by atoms with van der Waals surface area (Å²) in [4.78, 5) is 29.8. The predicted molar refractivity (Wildman–Crippen MR) is 144 cm³/mol. The monoisotopic (exact) mass is 507 g/mol. The minimum Gasteiger partial charge on any atom is -0.508 e. The van der Waals surface area contributed by atoms with Crippen LogP contribution in [0.4, 0.5) is 5.69 Å². The molecule has 36 heavy (non-hydrogen) atoms. The fourth-order valence-corrected chi connectivity index (χ4v) is 6.01. The molecule has 2 aromatic rings. The maximum atomic E-state index is 13.8. The van der Waals surface area contributed by atoms with Crippen molar-refractivity contribution in [3.63, 3.8) is 0 Å². The first-order valence-electron chi connectivity index (χ1n) is 12.3. The molecule has 0 saturated carbocycles. The molecular weight excluding hydrogens is 474 g/mol. The summed E-state index contributed by atoms with van der Waals surface area (Å²) in [5.74, 6) is 0.701. The van der Waals surface area contributed by atoms with Crippen LogP contribution in [0, 0.1) is 10.8 Å². The topological polar surface area (TPSA) is 66.8 Å². The second kappa shape index (κ2) is 9.11. The molecule has 0 atom stereocenters. The van der Waals surface area contributed by atoms with Crippen LogP contribution in [0.3, 0.4) is 0 Å². The van der Waals surface area contributed by atoms with Gasteiger partial charge in [0, 0.05) is 47.0 Å². The summed E-state index contributed by atoms with van der Waals surface area (Å²) in [5.41, 5.74) is 4.84. The van der Waals surface area contributed by atoms with E-state index in [2.05, 4.69) is 32.6 Å². The van der Waals surface area contributed by atoms with Crippen molar-refractivity contribution in [2.45, 2.75) is 59.3 Å². The third kappa shape index (κ3) is 4.45. The van der Waals surface area contributed by atoms with E-state index < -0.39 is 5.92 Å². The number of carbonyl (C=O) groups excluding carboxylic acids is 2. The molecule has 1 N–H and O–H groups in total. The first-order valence-corrected chi connectivity index (χ1v) is 12.3. The van der Waals surface area contributed by atoms with Gasteiger partial charge in [0.15, 0.2) is 11.6 Å². The highest BCUT2D eigenvalue weighted by atomic mass is 35.5. The number of benzene rings is 2. The Morgan fingerprint density at radius 2 is 1.25 bits per heavy atom. The minimum absolute atomic E-state index is 0. The molecule has 190 valence electrons. The van der Waals surface area contributed by atoms with E-state index in [0.29, 0.717) is 12.8 Å². The zero-order chi connectivity index (χ0) is 25.1. The summed E-state index contributed by atoms with van der Waals surface area (Å²) in [7, 11) is 1.64. The molecule has 5 rings (SSSR count). The Morgan fingerprint density at radius 3 is 1.69 bits per heavy atom. The SMILES string of the molecule is COc1ccc(N2C3=C(C(=O)CC(C)(C)C3)C(c3ccc(O)cc3)C3=C2CC(C)(C)CC3=O)cc1.Cl. The Kier molecular flexibility index (Phi) is 6.59. The normalized spacial score (nSPS) is 21.1. The third-order valence-corrected chi connectivity index (χ3v) is 7.47. The van der Waals surface area contributed by atoms with Crippen LogP contribution in [0.5, 0.6) is 11.5 Å². The number of aromatic hydroxyl groups is 1. The van der Waals surface area contributed by atoms with Crippen molar-refractivity contribution in [1.29, 1.82) is 0 Å². The molecule has 0 radical (unpaired) electrons. The van der Waals surface area contributed by atoms with E-state index in [-0.39, 0.29) is 40.6 Å². The lowest BCUT2D eigenvalue weighted by Crippen LogP contribution is -2.44. The van der Waals surface area contributed by atoms with E-state index in [9.17, 15) is 14.7 Å². The number of hydrogen-bond acceptors (Lipinski definition) is 5. The van der Waals surface area contributed by atoms with Crippen LogP contribution < -0.4 is 9.64 Å². The lowest BCUT2D eigenvalue weighted by molar-refractivity contribution is -0.119. The molecule has 0 aromatic heterocycles. The number of hydrogen-bond donors (Lipinski definition) is 1. The van der Waals surface area contributed by atoms with Gasteiger partial charge in [-0.2, -0.15) is 0 Å². The molecular formula is C30H34ClNO4.